The molecule has 0 saturated heterocycles. The summed E-state index contributed by atoms with van der Waals surface area (Å²) >= 11 is 0. The third kappa shape index (κ3) is 1.31. The zero-order valence-corrected chi connectivity index (χ0v) is 6.35. The highest BCUT2D eigenvalue weighted by Crippen LogP contribution is 2.21. The lowest BCUT2D eigenvalue weighted by Crippen LogP contribution is -1.99. The van der Waals surface area contributed by atoms with E-state index >= 15 is 0 Å². The fourth-order valence-electron chi connectivity index (χ4n) is 0.838. The van der Waals surface area contributed by atoms with Crippen LogP contribution in [0.25, 0.3) is 0 Å². The van der Waals surface area contributed by atoms with Gasteiger partial charge in [0.25, 0.3) is 0 Å². The number of aldehydes is 1. The Morgan fingerprint density at radius 2 is 2.50 bits per heavy atom. The number of hydrogen-bond acceptors (Lipinski definition) is 4. The van der Waals surface area contributed by atoms with Gasteiger partial charge in [0.15, 0.2) is 0 Å². The molecule has 0 bridgehead atoms. The van der Waals surface area contributed by atoms with Crippen LogP contribution in [-0.2, 0) is 4.79 Å². The molecule has 1 unspecified atom stereocenters. The van der Waals surface area contributed by atoms with Gasteiger partial charge < -0.3 is 4.79 Å². The van der Waals surface area contributed by atoms with Crippen molar-refractivity contribution in [3.8, 4) is 0 Å². The monoisotopic (exact) mass is 169 g/mol. The Kier molecular flexibility index (Phi) is 2.18. The summed E-state index contributed by atoms with van der Waals surface area (Å²) in [7, 11) is 0. The Bertz CT molecular complexity index is 307. The van der Waals surface area contributed by atoms with E-state index < -0.39 is 10.8 Å². The summed E-state index contributed by atoms with van der Waals surface area (Å²) in [6.07, 6.45) is 1.72. The van der Waals surface area contributed by atoms with Crippen molar-refractivity contribution in [2.45, 2.75) is 12.8 Å². The van der Waals surface area contributed by atoms with E-state index in [-0.39, 0.29) is 11.4 Å². The Balaban J connectivity index is 3.06. The highest BCUT2D eigenvalue weighted by Gasteiger charge is 2.20. The van der Waals surface area contributed by atoms with E-state index in [1.54, 1.807) is 6.92 Å². The molecule has 0 amide bonds. The number of aromatic amines is 1. The van der Waals surface area contributed by atoms with Crippen molar-refractivity contribution in [3.63, 3.8) is 0 Å². The normalized spacial score (nSPS) is 12.4. The molecule has 1 rings (SSSR count). The lowest BCUT2D eigenvalue weighted by atomic mass is 10.1. The minimum atomic E-state index is -0.571. The SMILES string of the molecule is CC(C=O)c1[nH]ncc1[N+](=O)[O-]. The first kappa shape index (κ1) is 8.38. The van der Waals surface area contributed by atoms with Gasteiger partial charge in [0.1, 0.15) is 18.2 Å². The second-order valence-electron chi connectivity index (χ2n) is 2.35. The van der Waals surface area contributed by atoms with Crippen LogP contribution < -0.4 is 0 Å². The van der Waals surface area contributed by atoms with Crippen LogP contribution in [-0.4, -0.2) is 21.4 Å². The van der Waals surface area contributed by atoms with Gasteiger partial charge in [-0.25, -0.2) is 0 Å². The minimum Gasteiger partial charge on any atom is -0.303 e. The molecule has 12 heavy (non-hydrogen) atoms. The van der Waals surface area contributed by atoms with Crippen molar-refractivity contribution in [1.29, 1.82) is 0 Å². The first-order valence-corrected chi connectivity index (χ1v) is 3.29. The molecule has 64 valence electrons. The van der Waals surface area contributed by atoms with Gasteiger partial charge >= 0.3 is 5.69 Å². The molecule has 6 nitrogen and oxygen atoms in total. The second kappa shape index (κ2) is 3.12. The summed E-state index contributed by atoms with van der Waals surface area (Å²) in [6.45, 7) is 1.56. The van der Waals surface area contributed by atoms with Crippen molar-refractivity contribution in [1.82, 2.24) is 10.2 Å². The van der Waals surface area contributed by atoms with E-state index in [0.29, 0.717) is 6.29 Å². The lowest BCUT2D eigenvalue weighted by Gasteiger charge is -1.96. The Morgan fingerprint density at radius 3 is 3.00 bits per heavy atom. The van der Waals surface area contributed by atoms with Gasteiger partial charge in [0.2, 0.25) is 0 Å². The van der Waals surface area contributed by atoms with Crippen LogP contribution >= 0.6 is 0 Å². The molecule has 0 aromatic carbocycles. The Labute approximate surface area is 67.7 Å². The maximum atomic E-state index is 10.3. The van der Waals surface area contributed by atoms with Crippen molar-refractivity contribution in [2.24, 2.45) is 0 Å². The third-order valence-electron chi connectivity index (χ3n) is 1.50. The summed E-state index contributed by atoms with van der Waals surface area (Å²) < 4.78 is 0. The van der Waals surface area contributed by atoms with Gasteiger partial charge in [-0.05, 0) is 6.92 Å². The first-order valence-electron chi connectivity index (χ1n) is 3.29. The van der Waals surface area contributed by atoms with Gasteiger partial charge in [-0.2, -0.15) is 5.10 Å². The molecule has 1 N–H and O–H groups in total. The maximum absolute atomic E-state index is 10.3. The largest absolute Gasteiger partial charge is 0.310 e. The molecular formula is C6H7N3O3. The van der Waals surface area contributed by atoms with Crippen molar-refractivity contribution >= 4 is 12.0 Å². The fraction of sp³-hybridized carbons (Fsp3) is 0.333. The minimum absolute atomic E-state index is 0.144. The Hall–Kier alpha value is -1.72. The van der Waals surface area contributed by atoms with Crippen LogP contribution in [0.5, 0.6) is 0 Å². The van der Waals surface area contributed by atoms with Crippen molar-refractivity contribution in [2.75, 3.05) is 0 Å². The first-order chi connectivity index (χ1) is 5.66. The molecule has 0 aliphatic heterocycles. The number of nitrogens with one attached hydrogen (secondary N) is 1. The highest BCUT2D eigenvalue weighted by molar-refractivity contribution is 5.63. The highest BCUT2D eigenvalue weighted by atomic mass is 16.6. The number of carbonyl (C=O) groups is 1. The summed E-state index contributed by atoms with van der Waals surface area (Å²) in [6, 6.07) is 0. The van der Waals surface area contributed by atoms with Gasteiger partial charge in [0.05, 0.1) is 10.8 Å². The van der Waals surface area contributed by atoms with Gasteiger partial charge in [0, 0.05) is 0 Å². The van der Waals surface area contributed by atoms with Crippen LogP contribution in [0.15, 0.2) is 6.20 Å². The summed E-state index contributed by atoms with van der Waals surface area (Å²) in [5.41, 5.74) is 0.101. The predicted molar refractivity (Wildman–Crippen MR) is 39.7 cm³/mol. The van der Waals surface area contributed by atoms with Crippen LogP contribution in [0, 0.1) is 10.1 Å². The zero-order valence-electron chi connectivity index (χ0n) is 6.35. The third-order valence-corrected chi connectivity index (χ3v) is 1.50. The number of H-pyrrole nitrogens is 1. The summed E-state index contributed by atoms with van der Waals surface area (Å²) in [5.74, 6) is -0.520. The van der Waals surface area contributed by atoms with Crippen LogP contribution in [0.4, 0.5) is 5.69 Å². The van der Waals surface area contributed by atoms with E-state index in [2.05, 4.69) is 10.2 Å². The molecule has 6 heteroatoms. The molecule has 0 fully saturated rings. The molecule has 1 aromatic rings. The van der Waals surface area contributed by atoms with Gasteiger partial charge in [-0.15, -0.1) is 0 Å². The van der Waals surface area contributed by atoms with Crippen LogP contribution in [0.1, 0.15) is 18.5 Å². The molecule has 0 saturated carbocycles. The topological polar surface area (TPSA) is 88.9 Å². The second-order valence-corrected chi connectivity index (χ2v) is 2.35. The number of aromatic nitrogens is 2. The number of hydrogen-bond donors (Lipinski definition) is 1. The molecule has 0 radical (unpaired) electrons. The standard InChI is InChI=1S/C6H7N3O3/c1-4(3-10)6-5(9(11)12)2-7-8-6/h2-4H,1H3,(H,7,8). The van der Waals surface area contributed by atoms with E-state index in [9.17, 15) is 14.9 Å². The lowest BCUT2D eigenvalue weighted by molar-refractivity contribution is -0.385. The number of nitrogens with zero attached hydrogens (tertiary/aromatic N) is 2. The summed E-state index contributed by atoms with van der Waals surface area (Å²) in [5, 5.41) is 16.2. The molecule has 0 spiro atoms. The molecule has 1 aromatic heterocycles. The molecule has 0 aliphatic rings. The zero-order chi connectivity index (χ0) is 9.14. The van der Waals surface area contributed by atoms with Crippen LogP contribution in [0.3, 0.4) is 0 Å². The predicted octanol–water partition coefficient (Wildman–Crippen LogP) is 0.620. The number of nitro groups is 1. The van der Waals surface area contributed by atoms with Gasteiger partial charge in [-0.1, -0.05) is 0 Å². The number of carbonyl (C=O) groups excluding carboxylic acids is 1. The van der Waals surface area contributed by atoms with E-state index in [0.717, 1.165) is 6.20 Å². The smallest absolute Gasteiger partial charge is 0.303 e. The number of rotatable bonds is 3. The van der Waals surface area contributed by atoms with Gasteiger partial charge in [-0.3, -0.25) is 15.2 Å². The molecular weight excluding hydrogens is 162 g/mol. The Morgan fingerprint density at radius 1 is 1.83 bits per heavy atom. The van der Waals surface area contributed by atoms with Crippen molar-refractivity contribution in [3.05, 3.63) is 22.0 Å². The summed E-state index contributed by atoms with van der Waals surface area (Å²) in [4.78, 5) is 20.1. The quantitative estimate of drug-likeness (QED) is 0.408. The fourth-order valence-corrected chi connectivity index (χ4v) is 0.838. The van der Waals surface area contributed by atoms with Crippen LogP contribution in [0.2, 0.25) is 0 Å². The molecule has 1 atom stereocenters. The van der Waals surface area contributed by atoms with Crippen molar-refractivity contribution < 1.29 is 9.72 Å². The average Bonchev–Trinajstić information content (AvgIpc) is 2.50. The maximum Gasteiger partial charge on any atom is 0.310 e. The molecule has 1 heterocycles. The molecule has 0 aliphatic carbocycles. The van der Waals surface area contributed by atoms with E-state index in [1.165, 1.54) is 0 Å². The average molecular weight is 169 g/mol. The van der Waals surface area contributed by atoms with E-state index in [4.69, 9.17) is 0 Å². The van der Waals surface area contributed by atoms with E-state index in [1.807, 2.05) is 0 Å².